The molecule has 104 valence electrons. The number of hydrogen-bond acceptors (Lipinski definition) is 1. The topological polar surface area (TPSA) is 17.1 Å². The molecule has 0 spiro atoms. The van der Waals surface area contributed by atoms with Gasteiger partial charge in [-0.3, -0.25) is 4.79 Å². The van der Waals surface area contributed by atoms with Gasteiger partial charge in [0.15, 0.2) is 5.78 Å². The van der Waals surface area contributed by atoms with E-state index in [1.807, 2.05) is 0 Å². The fourth-order valence-corrected chi connectivity index (χ4v) is 3.31. The highest BCUT2D eigenvalue weighted by molar-refractivity contribution is 6.00. The highest BCUT2D eigenvalue weighted by Crippen LogP contribution is 2.43. The molecule has 1 aromatic carbocycles. The van der Waals surface area contributed by atoms with Crippen molar-refractivity contribution < 1.29 is 9.18 Å². The van der Waals surface area contributed by atoms with E-state index in [-0.39, 0.29) is 17.0 Å². The molecule has 0 amide bonds. The summed E-state index contributed by atoms with van der Waals surface area (Å²) in [6.45, 7) is 4.29. The summed E-state index contributed by atoms with van der Waals surface area (Å²) in [4.78, 5) is 12.9. The van der Waals surface area contributed by atoms with Crippen molar-refractivity contribution in [2.75, 3.05) is 0 Å². The van der Waals surface area contributed by atoms with Crippen molar-refractivity contribution in [3.63, 3.8) is 0 Å². The predicted molar refractivity (Wildman–Crippen MR) is 75.7 cm³/mol. The van der Waals surface area contributed by atoms with Crippen LogP contribution in [0.25, 0.3) is 0 Å². The molecule has 0 unspecified atom stereocenters. The summed E-state index contributed by atoms with van der Waals surface area (Å²) in [5.41, 5.74) is 0.422. The Balaban J connectivity index is 2.32. The zero-order chi connectivity index (χ0) is 13.9. The minimum absolute atomic E-state index is 0.212. The molecule has 2 heteroatoms. The third kappa shape index (κ3) is 2.88. The largest absolute Gasteiger partial charge is 0.294 e. The lowest BCUT2D eigenvalue weighted by atomic mass is 9.67. The molecule has 1 aromatic rings. The molecule has 1 aliphatic rings. The smallest absolute Gasteiger partial charge is 0.169 e. The number of carbonyl (C=O) groups is 1. The summed E-state index contributed by atoms with van der Waals surface area (Å²) < 4.78 is 13.0. The van der Waals surface area contributed by atoms with Crippen LogP contribution in [0.2, 0.25) is 0 Å². The number of hydrogen-bond donors (Lipinski definition) is 0. The maximum Gasteiger partial charge on any atom is 0.169 e. The molecule has 0 atom stereocenters. The molecule has 0 aliphatic heterocycles. The Bertz CT molecular complexity index is 425. The second-order valence-corrected chi connectivity index (χ2v) is 6.06. The summed E-state index contributed by atoms with van der Waals surface area (Å²) in [5, 5.41) is 0. The van der Waals surface area contributed by atoms with Crippen molar-refractivity contribution in [3.05, 3.63) is 35.6 Å². The normalized spacial score (nSPS) is 19.2. The highest BCUT2D eigenvalue weighted by atomic mass is 19.1. The molecular formula is C17H23FO. The number of Topliss-reactive ketones (excluding diaryl/α,β-unsaturated/α-hetero) is 1. The molecule has 1 saturated carbocycles. The van der Waals surface area contributed by atoms with Gasteiger partial charge in [-0.1, -0.05) is 39.5 Å². The van der Waals surface area contributed by atoms with E-state index in [0.29, 0.717) is 11.5 Å². The average molecular weight is 262 g/mol. The molecule has 0 aromatic heterocycles. The highest BCUT2D eigenvalue weighted by Gasteiger charge is 2.41. The van der Waals surface area contributed by atoms with Crippen LogP contribution in [0, 0.1) is 17.2 Å². The van der Waals surface area contributed by atoms with Gasteiger partial charge < -0.3 is 0 Å². The molecule has 0 saturated heterocycles. The zero-order valence-electron chi connectivity index (χ0n) is 11.9. The molecular weight excluding hydrogens is 239 g/mol. The number of benzene rings is 1. The van der Waals surface area contributed by atoms with Crippen molar-refractivity contribution in [3.8, 4) is 0 Å². The summed E-state index contributed by atoms with van der Waals surface area (Å²) in [7, 11) is 0. The number of halogens is 1. The van der Waals surface area contributed by atoms with Crippen molar-refractivity contribution >= 4 is 5.78 Å². The van der Waals surface area contributed by atoms with Gasteiger partial charge >= 0.3 is 0 Å². The zero-order valence-corrected chi connectivity index (χ0v) is 11.9. The minimum Gasteiger partial charge on any atom is -0.294 e. The summed E-state index contributed by atoms with van der Waals surface area (Å²) in [6, 6.07) is 6.04. The van der Waals surface area contributed by atoms with E-state index in [1.54, 1.807) is 12.1 Å². The fraction of sp³-hybridized carbons (Fsp3) is 0.588. The average Bonchev–Trinajstić information content (AvgIpc) is 2.65. The van der Waals surface area contributed by atoms with E-state index in [1.165, 1.54) is 25.0 Å². The standard InChI is InChI=1S/C17H23FO/c1-13(2)17(11-5-3-4-6-12-17)16(19)14-7-9-15(18)10-8-14/h7-10,13H,3-6,11-12H2,1-2H3. The van der Waals surface area contributed by atoms with Gasteiger partial charge in [0, 0.05) is 11.0 Å². The van der Waals surface area contributed by atoms with Crippen LogP contribution in [0.5, 0.6) is 0 Å². The first-order chi connectivity index (χ1) is 9.06. The van der Waals surface area contributed by atoms with Crippen LogP contribution in [0.1, 0.15) is 62.7 Å². The molecule has 0 bridgehead atoms. The SMILES string of the molecule is CC(C)C1(C(=O)c2ccc(F)cc2)CCCCCC1. The van der Waals surface area contributed by atoms with Crippen LogP contribution < -0.4 is 0 Å². The Hall–Kier alpha value is -1.18. The van der Waals surface area contributed by atoms with Gasteiger partial charge in [-0.25, -0.2) is 4.39 Å². The predicted octanol–water partition coefficient (Wildman–Crippen LogP) is 5.01. The second-order valence-electron chi connectivity index (χ2n) is 6.06. The van der Waals surface area contributed by atoms with Crippen LogP contribution in [0.3, 0.4) is 0 Å². The van der Waals surface area contributed by atoms with Crippen LogP contribution >= 0.6 is 0 Å². The van der Waals surface area contributed by atoms with E-state index in [0.717, 1.165) is 25.7 Å². The molecule has 0 radical (unpaired) electrons. The van der Waals surface area contributed by atoms with Crippen molar-refractivity contribution in [2.45, 2.75) is 52.4 Å². The Kier molecular flexibility index (Phi) is 4.38. The van der Waals surface area contributed by atoms with Gasteiger partial charge in [-0.05, 0) is 43.0 Å². The van der Waals surface area contributed by atoms with E-state index >= 15 is 0 Å². The first kappa shape index (κ1) is 14.2. The maximum atomic E-state index is 13.0. The molecule has 1 nitrogen and oxygen atoms in total. The van der Waals surface area contributed by atoms with Crippen LogP contribution in [0.4, 0.5) is 4.39 Å². The number of ketones is 1. The number of rotatable bonds is 3. The van der Waals surface area contributed by atoms with Crippen molar-refractivity contribution in [2.24, 2.45) is 11.3 Å². The van der Waals surface area contributed by atoms with E-state index in [2.05, 4.69) is 13.8 Å². The van der Waals surface area contributed by atoms with Gasteiger partial charge in [-0.15, -0.1) is 0 Å². The molecule has 19 heavy (non-hydrogen) atoms. The van der Waals surface area contributed by atoms with Gasteiger partial charge in [-0.2, -0.15) is 0 Å². The van der Waals surface area contributed by atoms with Crippen molar-refractivity contribution in [1.82, 2.24) is 0 Å². The monoisotopic (exact) mass is 262 g/mol. The third-order valence-electron chi connectivity index (χ3n) is 4.66. The third-order valence-corrected chi connectivity index (χ3v) is 4.66. The van der Waals surface area contributed by atoms with Gasteiger partial charge in [0.05, 0.1) is 0 Å². The summed E-state index contributed by atoms with van der Waals surface area (Å²) in [6.07, 6.45) is 6.66. The Morgan fingerprint density at radius 2 is 1.58 bits per heavy atom. The first-order valence-corrected chi connectivity index (χ1v) is 7.36. The van der Waals surface area contributed by atoms with E-state index in [9.17, 15) is 9.18 Å². The molecule has 0 heterocycles. The lowest BCUT2D eigenvalue weighted by Gasteiger charge is -2.35. The van der Waals surface area contributed by atoms with Gasteiger partial charge in [0.1, 0.15) is 5.82 Å². The Morgan fingerprint density at radius 3 is 2.05 bits per heavy atom. The van der Waals surface area contributed by atoms with Crippen LogP contribution in [-0.4, -0.2) is 5.78 Å². The van der Waals surface area contributed by atoms with Crippen LogP contribution in [0.15, 0.2) is 24.3 Å². The molecule has 0 N–H and O–H groups in total. The quantitative estimate of drug-likeness (QED) is 0.553. The van der Waals surface area contributed by atoms with Gasteiger partial charge in [0.25, 0.3) is 0 Å². The Morgan fingerprint density at radius 1 is 1.05 bits per heavy atom. The number of carbonyl (C=O) groups excluding carboxylic acids is 1. The van der Waals surface area contributed by atoms with E-state index in [4.69, 9.17) is 0 Å². The minimum atomic E-state index is -0.281. The summed E-state index contributed by atoms with van der Waals surface area (Å²) in [5.74, 6) is 0.267. The Labute approximate surface area is 115 Å². The lowest BCUT2D eigenvalue weighted by Crippen LogP contribution is -2.36. The lowest BCUT2D eigenvalue weighted by molar-refractivity contribution is 0.0655. The molecule has 1 aliphatic carbocycles. The van der Waals surface area contributed by atoms with Crippen LogP contribution in [-0.2, 0) is 0 Å². The molecule has 1 fully saturated rings. The van der Waals surface area contributed by atoms with E-state index < -0.39 is 0 Å². The van der Waals surface area contributed by atoms with Gasteiger partial charge in [0.2, 0.25) is 0 Å². The first-order valence-electron chi connectivity index (χ1n) is 7.36. The second kappa shape index (κ2) is 5.85. The molecule has 2 rings (SSSR count). The van der Waals surface area contributed by atoms with Crippen molar-refractivity contribution in [1.29, 1.82) is 0 Å². The maximum absolute atomic E-state index is 13.0. The summed E-state index contributed by atoms with van der Waals surface area (Å²) >= 11 is 0. The fourth-order valence-electron chi connectivity index (χ4n) is 3.31.